The molecule has 0 aromatic heterocycles. The Kier molecular flexibility index (Phi) is 13.6. The molecule has 5 heteroatoms. The van der Waals surface area contributed by atoms with E-state index >= 15 is 0 Å². The van der Waals surface area contributed by atoms with Gasteiger partial charge in [0.05, 0.1) is 18.8 Å². The van der Waals surface area contributed by atoms with Crippen molar-refractivity contribution >= 4 is 5.97 Å². The fourth-order valence-electron chi connectivity index (χ4n) is 3.60. The number of hydrogen-bond donors (Lipinski definition) is 1. The second kappa shape index (κ2) is 15.0. The summed E-state index contributed by atoms with van der Waals surface area (Å²) in [6.45, 7) is 9.54. The van der Waals surface area contributed by atoms with Gasteiger partial charge >= 0.3 is 5.97 Å². The summed E-state index contributed by atoms with van der Waals surface area (Å²) >= 11 is 0. The number of rotatable bonds is 19. The molecule has 1 aliphatic heterocycles. The Morgan fingerprint density at radius 1 is 0.968 bits per heavy atom. The highest BCUT2D eigenvalue weighted by Gasteiger charge is 2.36. The van der Waals surface area contributed by atoms with Gasteiger partial charge in [-0.3, -0.25) is 4.79 Å². The summed E-state index contributed by atoms with van der Waals surface area (Å²) in [5.41, 5.74) is -0.574. The van der Waals surface area contributed by atoms with E-state index in [2.05, 4.69) is 19.1 Å². The summed E-state index contributed by atoms with van der Waals surface area (Å²) in [6, 6.07) is 0. The summed E-state index contributed by atoms with van der Waals surface area (Å²) < 4.78 is 16.6. The molecule has 1 saturated heterocycles. The zero-order chi connectivity index (χ0) is 23.2. The van der Waals surface area contributed by atoms with Gasteiger partial charge in [-0.05, 0) is 59.8 Å². The van der Waals surface area contributed by atoms with Crippen LogP contribution in [-0.2, 0) is 19.0 Å². The van der Waals surface area contributed by atoms with Crippen molar-refractivity contribution in [3.05, 3.63) is 12.2 Å². The normalized spacial score (nSPS) is 19.2. The Labute approximate surface area is 190 Å². The Hall–Kier alpha value is -0.910. The second-order valence-corrected chi connectivity index (χ2v) is 10.0. The predicted octanol–water partition coefficient (Wildman–Crippen LogP) is 6.47. The van der Waals surface area contributed by atoms with E-state index in [1.54, 1.807) is 13.8 Å². The molecular formula is C26H48O5. The van der Waals surface area contributed by atoms with Crippen molar-refractivity contribution in [3.8, 4) is 0 Å². The molecule has 182 valence electrons. The lowest BCUT2D eigenvalue weighted by atomic mass is 10.1. The maximum Gasteiger partial charge on any atom is 0.306 e. The lowest BCUT2D eigenvalue weighted by Gasteiger charge is -2.27. The lowest BCUT2D eigenvalue weighted by molar-refractivity contribution is -0.186. The van der Waals surface area contributed by atoms with E-state index in [0.717, 1.165) is 32.1 Å². The van der Waals surface area contributed by atoms with E-state index in [-0.39, 0.29) is 5.97 Å². The second-order valence-electron chi connectivity index (χ2n) is 10.0. The van der Waals surface area contributed by atoms with Crippen LogP contribution in [0.5, 0.6) is 0 Å². The van der Waals surface area contributed by atoms with Crippen LogP contribution in [0.1, 0.15) is 118 Å². The molecule has 0 spiro atoms. The van der Waals surface area contributed by atoms with Crippen LogP contribution in [0.3, 0.4) is 0 Å². The van der Waals surface area contributed by atoms with E-state index in [1.807, 2.05) is 13.8 Å². The molecule has 0 bridgehead atoms. The van der Waals surface area contributed by atoms with Gasteiger partial charge in [-0.25, -0.2) is 0 Å². The number of unbranched alkanes of at least 4 members (excludes halogenated alkanes) is 7. The van der Waals surface area contributed by atoms with Crippen LogP contribution in [0, 0.1) is 0 Å². The third kappa shape index (κ3) is 16.4. The third-order valence-corrected chi connectivity index (χ3v) is 5.62. The molecule has 1 heterocycles. The van der Waals surface area contributed by atoms with E-state index in [0.29, 0.717) is 31.7 Å². The monoisotopic (exact) mass is 440 g/mol. The number of hydrogen-bond acceptors (Lipinski definition) is 5. The average molecular weight is 441 g/mol. The standard InChI is InChI=1S/C26H48O5/c1-6-7-14-17-22-23(30-22)18-15-12-10-8-9-11-13-16-19-24(27)31-25(2,3)20-21-29-26(4,5)28/h12,15,22-23,28H,6-11,13-14,16-21H2,1-5H3/b15-12-/t22-,23+/m1/s1. The highest BCUT2D eigenvalue weighted by atomic mass is 16.6. The van der Waals surface area contributed by atoms with Crippen molar-refractivity contribution in [2.45, 2.75) is 142 Å². The Bertz CT molecular complexity index is 506. The van der Waals surface area contributed by atoms with Gasteiger partial charge < -0.3 is 19.3 Å². The molecule has 0 aliphatic carbocycles. The molecule has 0 saturated carbocycles. The minimum absolute atomic E-state index is 0.147. The topological polar surface area (TPSA) is 68.3 Å². The van der Waals surface area contributed by atoms with Gasteiger partial charge in [0, 0.05) is 12.8 Å². The minimum atomic E-state index is -1.15. The molecule has 1 N–H and O–H groups in total. The van der Waals surface area contributed by atoms with E-state index in [9.17, 15) is 9.90 Å². The Balaban J connectivity index is 1.93. The molecule has 0 aromatic rings. The minimum Gasteiger partial charge on any atom is -0.460 e. The molecule has 0 unspecified atom stereocenters. The maximum atomic E-state index is 12.1. The van der Waals surface area contributed by atoms with Gasteiger partial charge in [-0.2, -0.15) is 0 Å². The number of esters is 1. The molecule has 0 aromatic carbocycles. The van der Waals surface area contributed by atoms with Gasteiger partial charge in [0.1, 0.15) is 5.60 Å². The summed E-state index contributed by atoms with van der Waals surface area (Å²) in [5.74, 6) is -1.30. The summed E-state index contributed by atoms with van der Waals surface area (Å²) in [7, 11) is 0. The molecule has 0 amide bonds. The van der Waals surface area contributed by atoms with Gasteiger partial charge in [0.15, 0.2) is 5.79 Å². The first-order valence-corrected chi connectivity index (χ1v) is 12.5. The fraction of sp³-hybridized carbons (Fsp3) is 0.885. The molecular weight excluding hydrogens is 392 g/mol. The lowest BCUT2D eigenvalue weighted by Crippen LogP contribution is -2.32. The van der Waals surface area contributed by atoms with Crippen LogP contribution in [0.25, 0.3) is 0 Å². The molecule has 1 fully saturated rings. The quantitative estimate of drug-likeness (QED) is 0.0820. The number of carbonyl (C=O) groups excluding carboxylic acids is 1. The predicted molar refractivity (Wildman–Crippen MR) is 126 cm³/mol. The van der Waals surface area contributed by atoms with E-state index in [1.165, 1.54) is 38.5 Å². The molecule has 0 radical (unpaired) electrons. The van der Waals surface area contributed by atoms with Gasteiger partial charge in [-0.15, -0.1) is 0 Å². The number of epoxide rings is 1. The first kappa shape index (κ1) is 28.1. The van der Waals surface area contributed by atoms with Crippen molar-refractivity contribution in [2.75, 3.05) is 6.61 Å². The molecule has 1 aliphatic rings. The van der Waals surface area contributed by atoms with Crippen LogP contribution < -0.4 is 0 Å². The number of aliphatic hydroxyl groups is 1. The van der Waals surface area contributed by atoms with Crippen molar-refractivity contribution in [2.24, 2.45) is 0 Å². The number of allylic oxidation sites excluding steroid dienone is 1. The fourth-order valence-corrected chi connectivity index (χ4v) is 3.60. The molecule has 5 nitrogen and oxygen atoms in total. The SMILES string of the molecule is CCCCC[C@H]1O[C@H]1C/C=C\CCCCCCCC(=O)OC(C)(C)CCOC(C)(C)O. The first-order valence-electron chi connectivity index (χ1n) is 12.5. The third-order valence-electron chi connectivity index (χ3n) is 5.62. The van der Waals surface area contributed by atoms with Crippen molar-refractivity contribution in [3.63, 3.8) is 0 Å². The molecule has 31 heavy (non-hydrogen) atoms. The highest BCUT2D eigenvalue weighted by molar-refractivity contribution is 5.69. The Morgan fingerprint density at radius 3 is 2.39 bits per heavy atom. The molecule has 1 rings (SSSR count). The zero-order valence-corrected chi connectivity index (χ0v) is 20.8. The highest BCUT2D eigenvalue weighted by Crippen LogP contribution is 2.30. The smallest absolute Gasteiger partial charge is 0.306 e. The average Bonchev–Trinajstić information content (AvgIpc) is 3.40. The van der Waals surface area contributed by atoms with Gasteiger partial charge in [-0.1, -0.05) is 57.6 Å². The summed E-state index contributed by atoms with van der Waals surface area (Å²) in [6.07, 6.45) is 19.5. The van der Waals surface area contributed by atoms with Crippen molar-refractivity contribution in [1.29, 1.82) is 0 Å². The van der Waals surface area contributed by atoms with E-state index < -0.39 is 11.4 Å². The van der Waals surface area contributed by atoms with Crippen LogP contribution in [0.15, 0.2) is 12.2 Å². The first-order chi connectivity index (χ1) is 14.6. The van der Waals surface area contributed by atoms with Crippen molar-refractivity contribution < 1.29 is 24.1 Å². The maximum absolute atomic E-state index is 12.1. The van der Waals surface area contributed by atoms with Gasteiger partial charge in [0.2, 0.25) is 0 Å². The van der Waals surface area contributed by atoms with Crippen molar-refractivity contribution in [1.82, 2.24) is 0 Å². The van der Waals surface area contributed by atoms with Crippen LogP contribution in [0.2, 0.25) is 0 Å². The number of carbonyl (C=O) groups is 1. The van der Waals surface area contributed by atoms with Crippen LogP contribution in [0.4, 0.5) is 0 Å². The van der Waals surface area contributed by atoms with E-state index in [4.69, 9.17) is 14.2 Å². The summed E-state index contributed by atoms with van der Waals surface area (Å²) in [5, 5.41) is 9.57. The number of ether oxygens (including phenoxy) is 3. The zero-order valence-electron chi connectivity index (χ0n) is 20.8. The largest absolute Gasteiger partial charge is 0.460 e. The van der Waals surface area contributed by atoms with Crippen LogP contribution >= 0.6 is 0 Å². The van der Waals surface area contributed by atoms with Gasteiger partial charge in [0.25, 0.3) is 0 Å². The van der Waals surface area contributed by atoms with Crippen LogP contribution in [-0.4, -0.2) is 41.3 Å². The summed E-state index contributed by atoms with van der Waals surface area (Å²) in [4.78, 5) is 12.1. The molecule has 2 atom stereocenters. The Morgan fingerprint density at radius 2 is 1.68 bits per heavy atom.